The number of hydrogen-bond acceptors (Lipinski definition) is 2. The molecule has 1 aliphatic rings. The molecule has 94 valence electrons. The van der Waals surface area contributed by atoms with E-state index in [1.165, 1.54) is 12.8 Å². The lowest BCUT2D eigenvalue weighted by Gasteiger charge is -2.32. The van der Waals surface area contributed by atoms with E-state index in [2.05, 4.69) is 21.2 Å². The zero-order valence-electron chi connectivity index (χ0n) is 9.88. The molecule has 0 heterocycles. The van der Waals surface area contributed by atoms with E-state index in [-0.39, 0.29) is 0 Å². The molecule has 4 heteroatoms. The van der Waals surface area contributed by atoms with Crippen LogP contribution in [-0.4, -0.2) is 19.3 Å². The van der Waals surface area contributed by atoms with Crippen molar-refractivity contribution in [2.24, 2.45) is 0 Å². The Hall–Kier alpha value is -0.250. The van der Waals surface area contributed by atoms with Gasteiger partial charge in [0.05, 0.1) is 17.8 Å². The normalized spacial score (nSPS) is 24.6. The Balaban J connectivity index is 2.10. The fraction of sp³-hybridized carbons (Fsp3) is 0.538. The quantitative estimate of drug-likeness (QED) is 0.887. The highest BCUT2D eigenvalue weighted by molar-refractivity contribution is 9.10. The molecule has 0 radical (unpaired) electrons. The van der Waals surface area contributed by atoms with Crippen LogP contribution < -0.4 is 5.32 Å². The Morgan fingerprint density at radius 1 is 1.35 bits per heavy atom. The second-order valence-electron chi connectivity index (χ2n) is 4.43. The van der Waals surface area contributed by atoms with Crippen LogP contribution in [0.1, 0.15) is 25.7 Å². The molecule has 1 fully saturated rings. The van der Waals surface area contributed by atoms with Gasteiger partial charge in [0.2, 0.25) is 0 Å². The molecule has 0 aromatic heterocycles. The number of ether oxygens (including phenoxy) is 1. The van der Waals surface area contributed by atoms with Gasteiger partial charge in [-0.1, -0.05) is 24.4 Å². The smallest absolute Gasteiger partial charge is 0.0772 e. The third-order valence-corrected chi connectivity index (χ3v) is 4.20. The van der Waals surface area contributed by atoms with Gasteiger partial charge in [-0.3, -0.25) is 0 Å². The minimum absolute atomic E-state index is 0.301. The van der Waals surface area contributed by atoms with Gasteiger partial charge in [-0.25, -0.2) is 0 Å². The summed E-state index contributed by atoms with van der Waals surface area (Å²) in [4.78, 5) is 0. The molecule has 1 aliphatic carbocycles. The highest BCUT2D eigenvalue weighted by Gasteiger charge is 2.25. The second kappa shape index (κ2) is 6.07. The summed E-state index contributed by atoms with van der Waals surface area (Å²) >= 11 is 9.55. The van der Waals surface area contributed by atoms with E-state index in [4.69, 9.17) is 16.3 Å². The molecule has 0 spiro atoms. The molecule has 0 bridgehead atoms. The van der Waals surface area contributed by atoms with Crippen molar-refractivity contribution in [3.8, 4) is 0 Å². The summed E-state index contributed by atoms with van der Waals surface area (Å²) in [6, 6.07) is 6.18. The molecule has 2 atom stereocenters. The van der Waals surface area contributed by atoms with E-state index in [0.717, 1.165) is 28.0 Å². The van der Waals surface area contributed by atoms with Gasteiger partial charge in [-0.15, -0.1) is 0 Å². The van der Waals surface area contributed by atoms with Crippen molar-refractivity contribution >= 4 is 33.2 Å². The van der Waals surface area contributed by atoms with Crippen LogP contribution in [0.2, 0.25) is 5.02 Å². The van der Waals surface area contributed by atoms with Crippen molar-refractivity contribution in [1.82, 2.24) is 0 Å². The number of methoxy groups -OCH3 is 1. The first kappa shape index (κ1) is 13.2. The maximum atomic E-state index is 6.01. The summed E-state index contributed by atoms with van der Waals surface area (Å²) in [6.07, 6.45) is 5.10. The van der Waals surface area contributed by atoms with E-state index in [1.54, 1.807) is 7.11 Å². The van der Waals surface area contributed by atoms with Crippen LogP contribution in [0.3, 0.4) is 0 Å². The summed E-state index contributed by atoms with van der Waals surface area (Å²) in [5.41, 5.74) is 1.05. The maximum Gasteiger partial charge on any atom is 0.0772 e. The van der Waals surface area contributed by atoms with E-state index in [0.29, 0.717) is 12.1 Å². The molecule has 1 saturated carbocycles. The Labute approximate surface area is 116 Å². The lowest BCUT2D eigenvalue weighted by Crippen LogP contribution is -2.37. The first-order valence-electron chi connectivity index (χ1n) is 5.95. The minimum atomic E-state index is 0.301. The third kappa shape index (κ3) is 3.36. The number of anilines is 1. The summed E-state index contributed by atoms with van der Waals surface area (Å²) in [6.45, 7) is 0. The van der Waals surface area contributed by atoms with Crippen LogP contribution in [0.15, 0.2) is 22.7 Å². The summed E-state index contributed by atoms with van der Waals surface area (Å²) in [5.74, 6) is 0. The number of benzene rings is 1. The molecule has 0 saturated heterocycles. The Morgan fingerprint density at radius 3 is 2.88 bits per heavy atom. The highest BCUT2D eigenvalue weighted by Crippen LogP contribution is 2.30. The predicted molar refractivity (Wildman–Crippen MR) is 75.8 cm³/mol. The molecule has 2 rings (SSSR count). The van der Waals surface area contributed by atoms with Crippen LogP contribution in [0.4, 0.5) is 5.69 Å². The van der Waals surface area contributed by atoms with Crippen molar-refractivity contribution < 1.29 is 4.74 Å². The Kier molecular flexibility index (Phi) is 4.71. The van der Waals surface area contributed by atoms with Gasteiger partial charge in [0.25, 0.3) is 0 Å². The predicted octanol–water partition coefficient (Wildman–Crippen LogP) is 4.47. The topological polar surface area (TPSA) is 21.3 Å². The van der Waals surface area contributed by atoms with Gasteiger partial charge in [-0.2, -0.15) is 0 Å². The largest absolute Gasteiger partial charge is 0.379 e. The highest BCUT2D eigenvalue weighted by atomic mass is 79.9. The van der Waals surface area contributed by atoms with Crippen molar-refractivity contribution in [2.45, 2.75) is 37.8 Å². The molecule has 2 unspecified atom stereocenters. The number of nitrogens with one attached hydrogen (secondary N) is 1. The molecule has 2 nitrogen and oxygen atoms in total. The fourth-order valence-corrected chi connectivity index (χ4v) is 2.89. The average Bonchev–Trinajstić information content (AvgIpc) is 2.34. The maximum absolute atomic E-state index is 6.01. The molecule has 1 aromatic carbocycles. The van der Waals surface area contributed by atoms with E-state index >= 15 is 0 Å². The van der Waals surface area contributed by atoms with Crippen LogP contribution in [-0.2, 0) is 4.74 Å². The number of rotatable bonds is 3. The van der Waals surface area contributed by atoms with Gasteiger partial charge in [0, 0.05) is 16.6 Å². The molecule has 17 heavy (non-hydrogen) atoms. The second-order valence-corrected chi connectivity index (χ2v) is 5.72. The molecule has 1 aromatic rings. The number of hydrogen-bond donors (Lipinski definition) is 1. The van der Waals surface area contributed by atoms with Crippen molar-refractivity contribution in [1.29, 1.82) is 0 Å². The first-order valence-corrected chi connectivity index (χ1v) is 7.12. The first-order chi connectivity index (χ1) is 8.20. The minimum Gasteiger partial charge on any atom is -0.379 e. The molecule has 0 aliphatic heterocycles. The number of halogens is 2. The standard InChI is InChI=1S/C13H17BrClNO/c1-17-13-5-3-2-4-11(13)16-12-8-9(15)6-7-10(12)14/h6-8,11,13,16H,2-5H2,1H3. The third-order valence-electron chi connectivity index (χ3n) is 3.27. The van der Waals surface area contributed by atoms with Crippen LogP contribution in [0.25, 0.3) is 0 Å². The van der Waals surface area contributed by atoms with E-state index < -0.39 is 0 Å². The van der Waals surface area contributed by atoms with Gasteiger partial charge in [0.15, 0.2) is 0 Å². The van der Waals surface area contributed by atoms with Crippen LogP contribution >= 0.6 is 27.5 Å². The molecule has 1 N–H and O–H groups in total. The zero-order valence-corrected chi connectivity index (χ0v) is 12.2. The van der Waals surface area contributed by atoms with Crippen LogP contribution in [0.5, 0.6) is 0 Å². The molecular weight excluding hydrogens is 302 g/mol. The van der Waals surface area contributed by atoms with Gasteiger partial charge >= 0.3 is 0 Å². The molecular formula is C13H17BrClNO. The van der Waals surface area contributed by atoms with Gasteiger partial charge in [-0.05, 0) is 47.0 Å². The Bertz CT molecular complexity index is 386. The van der Waals surface area contributed by atoms with Crippen LogP contribution in [0, 0.1) is 0 Å². The van der Waals surface area contributed by atoms with Crippen molar-refractivity contribution in [2.75, 3.05) is 12.4 Å². The summed E-state index contributed by atoms with van der Waals surface area (Å²) in [7, 11) is 1.79. The summed E-state index contributed by atoms with van der Waals surface area (Å²) < 4.78 is 6.58. The fourth-order valence-electron chi connectivity index (χ4n) is 2.35. The summed E-state index contributed by atoms with van der Waals surface area (Å²) in [5, 5.41) is 4.29. The Morgan fingerprint density at radius 2 is 2.12 bits per heavy atom. The van der Waals surface area contributed by atoms with Gasteiger partial charge < -0.3 is 10.1 Å². The monoisotopic (exact) mass is 317 g/mol. The molecule has 0 amide bonds. The van der Waals surface area contributed by atoms with E-state index in [1.807, 2.05) is 18.2 Å². The lowest BCUT2D eigenvalue weighted by molar-refractivity contribution is 0.0606. The zero-order chi connectivity index (χ0) is 12.3. The van der Waals surface area contributed by atoms with Crippen molar-refractivity contribution in [3.63, 3.8) is 0 Å². The lowest BCUT2D eigenvalue weighted by atomic mass is 9.92. The SMILES string of the molecule is COC1CCCCC1Nc1cc(Cl)ccc1Br. The van der Waals surface area contributed by atoms with E-state index in [9.17, 15) is 0 Å². The van der Waals surface area contributed by atoms with Crippen molar-refractivity contribution in [3.05, 3.63) is 27.7 Å². The average molecular weight is 319 g/mol. The van der Waals surface area contributed by atoms with Gasteiger partial charge in [0.1, 0.15) is 0 Å².